The van der Waals surface area contributed by atoms with E-state index in [-0.39, 0.29) is 4.83 Å². The van der Waals surface area contributed by atoms with Gasteiger partial charge in [-0.25, -0.2) is 4.98 Å². The summed E-state index contributed by atoms with van der Waals surface area (Å²) in [6, 6.07) is 12.9. The van der Waals surface area contributed by atoms with Gasteiger partial charge in [0.2, 0.25) is 0 Å². The predicted octanol–water partition coefficient (Wildman–Crippen LogP) is 5.00. The molecule has 0 aliphatic rings. The zero-order chi connectivity index (χ0) is 13.2. The highest BCUT2D eigenvalue weighted by Crippen LogP contribution is 2.29. The van der Waals surface area contributed by atoms with Crippen LogP contribution < -0.4 is 0 Å². The first kappa shape index (κ1) is 12.9. The number of alkyl halides is 1. The fraction of sp³-hybridized carbons (Fsp3) is 0.133. The average molecular weight is 380 g/mol. The number of halogens is 2. The molecule has 1 unspecified atom stereocenters. The number of benzene rings is 2. The molecule has 19 heavy (non-hydrogen) atoms. The lowest BCUT2D eigenvalue weighted by molar-refractivity contribution is 0.877. The van der Waals surface area contributed by atoms with E-state index in [2.05, 4.69) is 78.2 Å². The number of aromatic amines is 1. The minimum Gasteiger partial charge on any atom is -0.349 e. The number of H-pyrrole nitrogens is 1. The number of hydrogen-bond donors (Lipinski definition) is 1. The summed E-state index contributed by atoms with van der Waals surface area (Å²) in [6.07, 6.45) is 4.50. The van der Waals surface area contributed by atoms with Gasteiger partial charge in [-0.1, -0.05) is 56.1 Å². The van der Waals surface area contributed by atoms with Crippen molar-refractivity contribution in [1.82, 2.24) is 9.97 Å². The smallest absolute Gasteiger partial charge is 0.107 e. The van der Waals surface area contributed by atoms with Crippen molar-refractivity contribution in [2.75, 3.05) is 0 Å². The van der Waals surface area contributed by atoms with Gasteiger partial charge in [-0.3, -0.25) is 0 Å². The zero-order valence-corrected chi connectivity index (χ0v) is 13.3. The molecular formula is C15H12Br2N2. The maximum absolute atomic E-state index is 4.26. The van der Waals surface area contributed by atoms with Crippen LogP contribution in [-0.2, 0) is 6.42 Å². The largest absolute Gasteiger partial charge is 0.349 e. The number of hydrogen-bond acceptors (Lipinski definition) is 1. The van der Waals surface area contributed by atoms with Crippen LogP contribution in [0.3, 0.4) is 0 Å². The lowest BCUT2D eigenvalue weighted by Crippen LogP contribution is -1.97. The van der Waals surface area contributed by atoms with Gasteiger partial charge in [0, 0.05) is 28.1 Å². The molecule has 1 N–H and O–H groups in total. The van der Waals surface area contributed by atoms with Crippen LogP contribution in [0.4, 0.5) is 0 Å². The van der Waals surface area contributed by atoms with Crippen LogP contribution in [0, 0.1) is 0 Å². The molecule has 0 aliphatic carbocycles. The molecule has 96 valence electrons. The number of nitrogens with one attached hydrogen (secondary N) is 1. The molecule has 1 atom stereocenters. The SMILES string of the molecule is Brc1ccc2cc(C(Br)Cc3ncc[nH]3)ccc2c1. The normalized spacial score (nSPS) is 12.7. The summed E-state index contributed by atoms with van der Waals surface area (Å²) < 4.78 is 1.11. The highest BCUT2D eigenvalue weighted by molar-refractivity contribution is 9.10. The Morgan fingerprint density at radius 2 is 1.89 bits per heavy atom. The first-order chi connectivity index (χ1) is 9.22. The molecule has 3 aromatic rings. The Morgan fingerprint density at radius 1 is 1.11 bits per heavy atom. The Kier molecular flexibility index (Phi) is 3.71. The summed E-state index contributed by atoms with van der Waals surface area (Å²) in [5.74, 6) is 0.998. The van der Waals surface area contributed by atoms with E-state index < -0.39 is 0 Å². The molecule has 0 fully saturated rings. The number of rotatable bonds is 3. The number of aromatic nitrogens is 2. The second-order valence-corrected chi connectivity index (χ2v) is 6.48. The van der Waals surface area contributed by atoms with Crippen molar-refractivity contribution < 1.29 is 0 Å². The summed E-state index contributed by atoms with van der Waals surface area (Å²) in [5.41, 5.74) is 1.27. The summed E-state index contributed by atoms with van der Waals surface area (Å²) in [4.78, 5) is 7.67. The van der Waals surface area contributed by atoms with E-state index >= 15 is 0 Å². The van der Waals surface area contributed by atoms with Crippen molar-refractivity contribution in [3.8, 4) is 0 Å². The lowest BCUT2D eigenvalue weighted by Gasteiger charge is -2.10. The Hall–Kier alpha value is -1.13. The monoisotopic (exact) mass is 378 g/mol. The molecule has 0 saturated carbocycles. The fourth-order valence-corrected chi connectivity index (χ4v) is 3.10. The van der Waals surface area contributed by atoms with Crippen LogP contribution in [0.2, 0.25) is 0 Å². The molecule has 1 aromatic heterocycles. The third kappa shape index (κ3) is 2.90. The maximum Gasteiger partial charge on any atom is 0.107 e. The minimum absolute atomic E-state index is 0.270. The van der Waals surface area contributed by atoms with Crippen LogP contribution >= 0.6 is 31.9 Å². The standard InChI is InChI=1S/C15H12Br2N2/c16-13-4-3-10-7-12(2-1-11(10)8-13)14(17)9-15-18-5-6-19-15/h1-8,14H,9H2,(H,18,19). The topological polar surface area (TPSA) is 28.7 Å². The second kappa shape index (κ2) is 5.47. The van der Waals surface area contributed by atoms with Gasteiger partial charge in [-0.15, -0.1) is 0 Å². The van der Waals surface area contributed by atoms with Crippen molar-refractivity contribution in [3.63, 3.8) is 0 Å². The summed E-state index contributed by atoms with van der Waals surface area (Å²) >= 11 is 7.24. The minimum atomic E-state index is 0.270. The fourth-order valence-electron chi connectivity index (χ4n) is 2.13. The van der Waals surface area contributed by atoms with E-state index in [1.165, 1.54) is 16.3 Å². The Balaban J connectivity index is 1.90. The van der Waals surface area contributed by atoms with Crippen LogP contribution in [0.5, 0.6) is 0 Å². The van der Waals surface area contributed by atoms with Gasteiger partial charge < -0.3 is 4.98 Å². The van der Waals surface area contributed by atoms with Gasteiger partial charge in [0.1, 0.15) is 5.82 Å². The summed E-state index contributed by atoms with van der Waals surface area (Å²) in [7, 11) is 0. The Labute approximate surface area is 128 Å². The highest BCUT2D eigenvalue weighted by atomic mass is 79.9. The van der Waals surface area contributed by atoms with Gasteiger partial charge in [-0.05, 0) is 28.5 Å². The zero-order valence-electron chi connectivity index (χ0n) is 10.1. The van der Waals surface area contributed by atoms with Crippen LogP contribution in [0.25, 0.3) is 10.8 Å². The molecule has 0 spiro atoms. The lowest BCUT2D eigenvalue weighted by atomic mass is 10.0. The van der Waals surface area contributed by atoms with Gasteiger partial charge >= 0.3 is 0 Å². The number of fused-ring (bicyclic) bond motifs is 1. The van der Waals surface area contributed by atoms with Crippen molar-refractivity contribution in [1.29, 1.82) is 0 Å². The van der Waals surface area contributed by atoms with Crippen LogP contribution in [-0.4, -0.2) is 9.97 Å². The molecule has 2 nitrogen and oxygen atoms in total. The van der Waals surface area contributed by atoms with E-state index in [0.717, 1.165) is 16.7 Å². The maximum atomic E-state index is 4.26. The van der Waals surface area contributed by atoms with Gasteiger partial charge in [0.15, 0.2) is 0 Å². The summed E-state index contributed by atoms with van der Waals surface area (Å²) in [5, 5.41) is 2.50. The second-order valence-electron chi connectivity index (χ2n) is 4.46. The number of imidazole rings is 1. The molecule has 0 aliphatic heterocycles. The molecule has 0 radical (unpaired) electrons. The van der Waals surface area contributed by atoms with Crippen molar-refractivity contribution in [2.24, 2.45) is 0 Å². The molecular weight excluding hydrogens is 368 g/mol. The Morgan fingerprint density at radius 3 is 2.68 bits per heavy atom. The average Bonchev–Trinajstić information content (AvgIpc) is 2.91. The number of nitrogens with zero attached hydrogens (tertiary/aromatic N) is 1. The molecule has 0 amide bonds. The van der Waals surface area contributed by atoms with E-state index in [1.54, 1.807) is 6.20 Å². The first-order valence-corrected chi connectivity index (χ1v) is 7.75. The van der Waals surface area contributed by atoms with Gasteiger partial charge in [0.05, 0.1) is 0 Å². The van der Waals surface area contributed by atoms with Crippen molar-refractivity contribution >= 4 is 42.6 Å². The quantitative estimate of drug-likeness (QED) is 0.637. The predicted molar refractivity (Wildman–Crippen MR) is 85.6 cm³/mol. The van der Waals surface area contributed by atoms with Gasteiger partial charge in [0.25, 0.3) is 0 Å². The van der Waals surface area contributed by atoms with Crippen molar-refractivity contribution in [3.05, 3.63) is 64.7 Å². The van der Waals surface area contributed by atoms with Crippen LogP contribution in [0.15, 0.2) is 53.3 Å². The Bertz CT molecular complexity index is 692. The van der Waals surface area contributed by atoms with Crippen LogP contribution in [0.1, 0.15) is 16.2 Å². The molecule has 2 aromatic carbocycles. The van der Waals surface area contributed by atoms with E-state index in [9.17, 15) is 0 Å². The highest BCUT2D eigenvalue weighted by Gasteiger charge is 2.10. The molecule has 4 heteroatoms. The van der Waals surface area contributed by atoms with Gasteiger partial charge in [-0.2, -0.15) is 0 Å². The van der Waals surface area contributed by atoms with E-state index in [0.29, 0.717) is 0 Å². The summed E-state index contributed by atoms with van der Waals surface area (Å²) in [6.45, 7) is 0. The molecule has 0 saturated heterocycles. The van der Waals surface area contributed by atoms with Crippen molar-refractivity contribution in [2.45, 2.75) is 11.2 Å². The third-order valence-electron chi connectivity index (χ3n) is 3.12. The first-order valence-electron chi connectivity index (χ1n) is 6.04. The molecule has 0 bridgehead atoms. The van der Waals surface area contributed by atoms with E-state index in [1.807, 2.05) is 6.20 Å². The molecule has 3 rings (SSSR count). The molecule has 1 heterocycles. The van der Waals surface area contributed by atoms with E-state index in [4.69, 9.17) is 0 Å². The third-order valence-corrected chi connectivity index (χ3v) is 4.46.